The van der Waals surface area contributed by atoms with Gasteiger partial charge in [0.05, 0.1) is 0 Å². The molecule has 22 heavy (non-hydrogen) atoms. The van der Waals surface area contributed by atoms with E-state index < -0.39 is 12.0 Å². The van der Waals surface area contributed by atoms with Gasteiger partial charge in [-0.05, 0) is 12.0 Å². The Morgan fingerprint density at radius 1 is 1.27 bits per heavy atom. The number of carbonyl (C=O) groups excluding carboxylic acids is 2. The highest BCUT2D eigenvalue weighted by Gasteiger charge is 2.22. The number of hydrogen-bond donors (Lipinski definition) is 1. The Morgan fingerprint density at radius 2 is 2.00 bits per heavy atom. The fraction of sp³-hybridized carbons (Fsp3) is 0.444. The van der Waals surface area contributed by atoms with Crippen LogP contribution >= 0.6 is 0 Å². The standard InChI is InChI=1S/C18H25NO3/c1-3-5-7-12-17(20)19-16(18(21)22-13-4-2)14-15-10-8-6-9-11-15/h4,6,8-11,16H,2-3,5,7,12-14H2,1H3,(H,19,20). The second-order valence-electron chi connectivity index (χ2n) is 5.19. The zero-order chi connectivity index (χ0) is 16.2. The topological polar surface area (TPSA) is 55.4 Å². The van der Waals surface area contributed by atoms with Crippen LogP contribution in [0.5, 0.6) is 0 Å². The summed E-state index contributed by atoms with van der Waals surface area (Å²) in [5.41, 5.74) is 0.983. The van der Waals surface area contributed by atoms with E-state index in [1.54, 1.807) is 0 Å². The van der Waals surface area contributed by atoms with Gasteiger partial charge in [-0.15, -0.1) is 0 Å². The highest BCUT2D eigenvalue weighted by molar-refractivity contribution is 5.84. The molecule has 0 aliphatic heterocycles. The summed E-state index contributed by atoms with van der Waals surface area (Å²) in [5, 5.41) is 2.79. The molecular weight excluding hydrogens is 278 g/mol. The van der Waals surface area contributed by atoms with E-state index in [-0.39, 0.29) is 12.5 Å². The van der Waals surface area contributed by atoms with Gasteiger partial charge in [0.15, 0.2) is 0 Å². The van der Waals surface area contributed by atoms with Crippen LogP contribution in [-0.4, -0.2) is 24.5 Å². The van der Waals surface area contributed by atoms with E-state index >= 15 is 0 Å². The van der Waals surface area contributed by atoms with Gasteiger partial charge in [0, 0.05) is 12.8 Å². The van der Waals surface area contributed by atoms with Crippen molar-refractivity contribution in [1.82, 2.24) is 5.32 Å². The number of hydrogen-bond acceptors (Lipinski definition) is 3. The lowest BCUT2D eigenvalue weighted by atomic mass is 10.1. The molecule has 1 atom stereocenters. The molecule has 1 rings (SSSR count). The molecule has 1 amide bonds. The van der Waals surface area contributed by atoms with Crippen molar-refractivity contribution < 1.29 is 14.3 Å². The number of benzene rings is 1. The molecule has 0 saturated heterocycles. The van der Waals surface area contributed by atoms with Crippen LogP contribution in [0.1, 0.15) is 38.2 Å². The van der Waals surface area contributed by atoms with E-state index in [4.69, 9.17) is 4.74 Å². The molecule has 0 aliphatic rings. The lowest BCUT2D eigenvalue weighted by Gasteiger charge is -2.17. The van der Waals surface area contributed by atoms with Crippen molar-refractivity contribution in [1.29, 1.82) is 0 Å². The molecule has 4 nitrogen and oxygen atoms in total. The van der Waals surface area contributed by atoms with Crippen molar-refractivity contribution in [2.24, 2.45) is 0 Å². The molecule has 0 aliphatic carbocycles. The third kappa shape index (κ3) is 7.07. The zero-order valence-electron chi connectivity index (χ0n) is 13.2. The van der Waals surface area contributed by atoms with Crippen LogP contribution in [-0.2, 0) is 20.7 Å². The van der Waals surface area contributed by atoms with E-state index in [0.717, 1.165) is 24.8 Å². The molecule has 1 N–H and O–H groups in total. The summed E-state index contributed by atoms with van der Waals surface area (Å²) in [6.45, 7) is 5.76. The van der Waals surface area contributed by atoms with Crippen molar-refractivity contribution in [2.45, 2.75) is 45.1 Å². The van der Waals surface area contributed by atoms with Gasteiger partial charge >= 0.3 is 5.97 Å². The van der Waals surface area contributed by atoms with Crippen molar-refractivity contribution in [3.05, 3.63) is 48.6 Å². The molecule has 1 aromatic rings. The van der Waals surface area contributed by atoms with E-state index in [9.17, 15) is 9.59 Å². The molecule has 0 heterocycles. The maximum absolute atomic E-state index is 12.1. The largest absolute Gasteiger partial charge is 0.460 e. The molecule has 0 fully saturated rings. The molecule has 0 spiro atoms. The minimum atomic E-state index is -0.656. The van der Waals surface area contributed by atoms with Gasteiger partial charge in [0.1, 0.15) is 12.6 Å². The van der Waals surface area contributed by atoms with E-state index in [1.807, 2.05) is 30.3 Å². The average molecular weight is 303 g/mol. The summed E-state index contributed by atoms with van der Waals surface area (Å²) in [6.07, 6.45) is 5.28. The Hall–Kier alpha value is -2.10. The number of nitrogens with one attached hydrogen (secondary N) is 1. The Morgan fingerprint density at radius 3 is 2.64 bits per heavy atom. The third-order valence-corrected chi connectivity index (χ3v) is 3.25. The summed E-state index contributed by atoms with van der Waals surface area (Å²) in [7, 11) is 0. The fourth-order valence-electron chi connectivity index (χ4n) is 2.09. The van der Waals surface area contributed by atoms with Crippen LogP contribution < -0.4 is 5.32 Å². The monoisotopic (exact) mass is 303 g/mol. The van der Waals surface area contributed by atoms with Gasteiger partial charge < -0.3 is 10.1 Å². The predicted octanol–water partition coefficient (Wildman–Crippen LogP) is 3.02. The Balaban J connectivity index is 2.62. The van der Waals surface area contributed by atoms with Crippen molar-refractivity contribution in [2.75, 3.05) is 6.61 Å². The minimum Gasteiger partial charge on any atom is -0.460 e. The summed E-state index contributed by atoms with van der Waals surface area (Å²) in [6, 6.07) is 8.93. The maximum atomic E-state index is 12.1. The van der Waals surface area contributed by atoms with Gasteiger partial charge in [0.2, 0.25) is 5.91 Å². The molecule has 0 radical (unpaired) electrons. The van der Waals surface area contributed by atoms with Crippen molar-refractivity contribution >= 4 is 11.9 Å². The highest BCUT2D eigenvalue weighted by Crippen LogP contribution is 2.06. The first kappa shape index (κ1) is 18.0. The summed E-state index contributed by atoms with van der Waals surface area (Å²) in [5.74, 6) is -0.530. The first-order valence-electron chi connectivity index (χ1n) is 7.78. The fourth-order valence-corrected chi connectivity index (χ4v) is 2.09. The van der Waals surface area contributed by atoms with Crippen LogP contribution in [0.2, 0.25) is 0 Å². The summed E-state index contributed by atoms with van der Waals surface area (Å²) >= 11 is 0. The predicted molar refractivity (Wildman–Crippen MR) is 87.4 cm³/mol. The molecule has 1 unspecified atom stereocenters. The quantitative estimate of drug-likeness (QED) is 0.411. The number of carbonyl (C=O) groups is 2. The second-order valence-corrected chi connectivity index (χ2v) is 5.19. The number of amides is 1. The Labute approximate surface area is 132 Å². The normalized spacial score (nSPS) is 11.5. The van der Waals surface area contributed by atoms with Gasteiger partial charge in [-0.25, -0.2) is 4.79 Å². The molecule has 0 bridgehead atoms. The average Bonchev–Trinajstić information content (AvgIpc) is 2.53. The van der Waals surface area contributed by atoms with Crippen LogP contribution in [0.4, 0.5) is 0 Å². The van der Waals surface area contributed by atoms with Crippen LogP contribution in [0, 0.1) is 0 Å². The molecule has 120 valence electrons. The Bertz CT molecular complexity index is 470. The van der Waals surface area contributed by atoms with E-state index in [2.05, 4.69) is 18.8 Å². The highest BCUT2D eigenvalue weighted by atomic mass is 16.5. The summed E-state index contributed by atoms with van der Waals surface area (Å²) in [4.78, 5) is 24.0. The molecule has 4 heteroatoms. The molecule has 0 saturated carbocycles. The first-order chi connectivity index (χ1) is 10.7. The van der Waals surface area contributed by atoms with Gasteiger partial charge in [0.25, 0.3) is 0 Å². The lowest BCUT2D eigenvalue weighted by molar-refractivity contribution is -0.146. The maximum Gasteiger partial charge on any atom is 0.329 e. The van der Waals surface area contributed by atoms with Crippen LogP contribution in [0.3, 0.4) is 0 Å². The Kier molecular flexibility index (Phi) is 8.65. The van der Waals surface area contributed by atoms with Crippen LogP contribution in [0.15, 0.2) is 43.0 Å². The van der Waals surface area contributed by atoms with Crippen molar-refractivity contribution in [3.8, 4) is 0 Å². The molecule has 1 aromatic carbocycles. The zero-order valence-corrected chi connectivity index (χ0v) is 13.2. The van der Waals surface area contributed by atoms with E-state index in [0.29, 0.717) is 12.8 Å². The minimum absolute atomic E-state index is 0.107. The second kappa shape index (κ2) is 10.6. The van der Waals surface area contributed by atoms with E-state index in [1.165, 1.54) is 6.08 Å². The number of rotatable bonds is 10. The molecular formula is C18H25NO3. The van der Waals surface area contributed by atoms with Gasteiger partial charge in [-0.3, -0.25) is 4.79 Å². The van der Waals surface area contributed by atoms with Crippen LogP contribution in [0.25, 0.3) is 0 Å². The first-order valence-corrected chi connectivity index (χ1v) is 7.78. The van der Waals surface area contributed by atoms with Gasteiger partial charge in [-0.1, -0.05) is 62.8 Å². The van der Waals surface area contributed by atoms with Gasteiger partial charge in [-0.2, -0.15) is 0 Å². The number of esters is 1. The number of ether oxygens (including phenoxy) is 1. The third-order valence-electron chi connectivity index (χ3n) is 3.25. The SMILES string of the molecule is C=CCOC(=O)C(Cc1ccccc1)NC(=O)CCCCC. The number of unbranched alkanes of at least 4 members (excludes halogenated alkanes) is 2. The molecule has 0 aromatic heterocycles. The van der Waals surface area contributed by atoms with Crippen molar-refractivity contribution in [3.63, 3.8) is 0 Å². The smallest absolute Gasteiger partial charge is 0.329 e. The summed E-state index contributed by atoms with van der Waals surface area (Å²) < 4.78 is 5.08. The lowest BCUT2D eigenvalue weighted by Crippen LogP contribution is -2.43.